The van der Waals surface area contributed by atoms with Gasteiger partial charge in [0, 0.05) is 28.3 Å². The van der Waals surface area contributed by atoms with E-state index in [1.165, 1.54) is 17.7 Å². The first-order valence-corrected chi connectivity index (χ1v) is 8.24. The monoisotopic (exact) mass is 336 g/mol. The predicted octanol–water partition coefficient (Wildman–Crippen LogP) is 4.84. The second-order valence-electron chi connectivity index (χ2n) is 6.24. The van der Waals surface area contributed by atoms with E-state index in [-0.39, 0.29) is 18.1 Å². The van der Waals surface area contributed by atoms with Crippen LogP contribution >= 0.6 is 0 Å². The largest absolute Gasteiger partial charge is 0.377 e. The fourth-order valence-corrected chi connectivity index (χ4v) is 3.01. The summed E-state index contributed by atoms with van der Waals surface area (Å²) in [5.41, 5.74) is 5.44. The van der Waals surface area contributed by atoms with E-state index in [2.05, 4.69) is 34.1 Å². The van der Waals surface area contributed by atoms with Crippen LogP contribution in [-0.2, 0) is 0 Å². The van der Waals surface area contributed by atoms with Gasteiger partial charge in [-0.15, -0.1) is 0 Å². The van der Waals surface area contributed by atoms with E-state index in [1.807, 2.05) is 26.8 Å². The number of carbonyl (C=O) groups is 1. The van der Waals surface area contributed by atoms with Crippen LogP contribution in [0, 0.1) is 26.6 Å². The molecule has 1 N–H and O–H groups in total. The number of carbonyl (C=O) groups excluding carboxylic acids is 1. The Morgan fingerprint density at radius 3 is 2.44 bits per heavy atom. The van der Waals surface area contributed by atoms with Crippen molar-refractivity contribution in [3.8, 4) is 5.69 Å². The van der Waals surface area contributed by atoms with E-state index in [0.29, 0.717) is 11.3 Å². The van der Waals surface area contributed by atoms with Crippen LogP contribution in [0.15, 0.2) is 54.6 Å². The molecular formula is C21H21FN2O. The summed E-state index contributed by atoms with van der Waals surface area (Å²) in [7, 11) is 0. The summed E-state index contributed by atoms with van der Waals surface area (Å²) in [6.45, 7) is 6.11. The first-order chi connectivity index (χ1) is 12.0. The second kappa shape index (κ2) is 6.93. The zero-order valence-corrected chi connectivity index (χ0v) is 14.6. The normalized spacial score (nSPS) is 10.7. The lowest BCUT2D eigenvalue weighted by atomic mass is 10.1. The van der Waals surface area contributed by atoms with Gasteiger partial charge in [0.25, 0.3) is 0 Å². The molecule has 0 aliphatic carbocycles. The molecule has 3 aromatic rings. The number of hydrogen-bond donors (Lipinski definition) is 1. The van der Waals surface area contributed by atoms with Crippen LogP contribution in [0.1, 0.15) is 27.3 Å². The third kappa shape index (κ3) is 3.63. The van der Waals surface area contributed by atoms with Gasteiger partial charge in [0.1, 0.15) is 5.82 Å². The minimum absolute atomic E-state index is 0.0178. The Balaban J connectivity index is 1.82. The van der Waals surface area contributed by atoms with Gasteiger partial charge < -0.3 is 9.88 Å². The molecule has 0 radical (unpaired) electrons. The van der Waals surface area contributed by atoms with Crippen LogP contribution in [-0.4, -0.2) is 16.9 Å². The van der Waals surface area contributed by atoms with Crippen LogP contribution in [0.25, 0.3) is 5.69 Å². The number of ketones is 1. The van der Waals surface area contributed by atoms with Crippen LogP contribution in [0.4, 0.5) is 10.1 Å². The number of nitrogens with zero attached hydrogens (tertiary/aromatic N) is 1. The third-order valence-corrected chi connectivity index (χ3v) is 4.30. The van der Waals surface area contributed by atoms with E-state index < -0.39 is 0 Å². The average molecular weight is 336 g/mol. The smallest absolute Gasteiger partial charge is 0.183 e. The zero-order valence-electron chi connectivity index (χ0n) is 14.6. The number of benzene rings is 2. The number of Topliss-reactive ketones (excluding diaryl/α,β-unsaturated/α-hetero) is 1. The highest BCUT2D eigenvalue weighted by molar-refractivity contribution is 6.00. The summed E-state index contributed by atoms with van der Waals surface area (Å²) in [4.78, 5) is 12.6. The number of aromatic nitrogens is 1. The molecule has 0 aliphatic heterocycles. The number of rotatable bonds is 5. The Labute approximate surface area is 147 Å². The lowest BCUT2D eigenvalue weighted by Crippen LogP contribution is -2.15. The molecule has 0 aliphatic rings. The molecule has 3 rings (SSSR count). The summed E-state index contributed by atoms with van der Waals surface area (Å²) in [6.07, 6.45) is 0. The van der Waals surface area contributed by atoms with Gasteiger partial charge >= 0.3 is 0 Å². The van der Waals surface area contributed by atoms with Crippen molar-refractivity contribution < 1.29 is 9.18 Å². The summed E-state index contributed by atoms with van der Waals surface area (Å²) >= 11 is 0. The van der Waals surface area contributed by atoms with E-state index >= 15 is 0 Å². The fourth-order valence-electron chi connectivity index (χ4n) is 3.01. The van der Waals surface area contributed by atoms with E-state index in [9.17, 15) is 9.18 Å². The van der Waals surface area contributed by atoms with Crippen molar-refractivity contribution in [1.82, 2.24) is 4.57 Å². The number of hydrogen-bond acceptors (Lipinski definition) is 2. The summed E-state index contributed by atoms with van der Waals surface area (Å²) in [6, 6.07) is 16.2. The fraction of sp³-hybridized carbons (Fsp3) is 0.190. The van der Waals surface area contributed by atoms with Crippen molar-refractivity contribution >= 4 is 11.5 Å². The molecular weight excluding hydrogens is 315 g/mol. The Hall–Kier alpha value is -2.88. The number of halogens is 1. The molecule has 0 saturated heterocycles. The van der Waals surface area contributed by atoms with Crippen molar-refractivity contribution in [2.24, 2.45) is 0 Å². The molecule has 2 aromatic carbocycles. The zero-order chi connectivity index (χ0) is 18.0. The van der Waals surface area contributed by atoms with Crippen LogP contribution in [0.5, 0.6) is 0 Å². The molecule has 25 heavy (non-hydrogen) atoms. The summed E-state index contributed by atoms with van der Waals surface area (Å²) in [5, 5.41) is 2.99. The van der Waals surface area contributed by atoms with E-state index in [4.69, 9.17) is 0 Å². The molecule has 0 bridgehead atoms. The molecule has 0 atom stereocenters. The van der Waals surface area contributed by atoms with Gasteiger partial charge in [-0.25, -0.2) is 4.39 Å². The van der Waals surface area contributed by atoms with Gasteiger partial charge in [0.15, 0.2) is 5.78 Å². The summed E-state index contributed by atoms with van der Waals surface area (Å²) < 4.78 is 15.3. The topological polar surface area (TPSA) is 34.0 Å². The van der Waals surface area contributed by atoms with Gasteiger partial charge in [0.2, 0.25) is 0 Å². The Bertz CT molecular complexity index is 910. The molecule has 0 fully saturated rings. The van der Waals surface area contributed by atoms with E-state index in [1.54, 1.807) is 12.1 Å². The molecule has 4 heteroatoms. The predicted molar refractivity (Wildman–Crippen MR) is 99.2 cm³/mol. The van der Waals surface area contributed by atoms with Crippen LogP contribution < -0.4 is 5.32 Å². The minimum Gasteiger partial charge on any atom is -0.377 e. The average Bonchev–Trinajstić information content (AvgIpc) is 2.88. The van der Waals surface area contributed by atoms with Crippen molar-refractivity contribution in [3.63, 3.8) is 0 Å². The lowest BCUT2D eigenvalue weighted by Gasteiger charge is -2.10. The van der Waals surface area contributed by atoms with Gasteiger partial charge in [-0.3, -0.25) is 4.79 Å². The molecule has 1 aromatic heterocycles. The lowest BCUT2D eigenvalue weighted by molar-refractivity contribution is 0.101. The van der Waals surface area contributed by atoms with E-state index in [0.717, 1.165) is 17.1 Å². The molecule has 128 valence electrons. The number of aryl methyl sites for hydroxylation is 2. The van der Waals surface area contributed by atoms with Gasteiger partial charge in [0.05, 0.1) is 6.54 Å². The molecule has 0 saturated carbocycles. The Morgan fingerprint density at radius 1 is 1.04 bits per heavy atom. The standard InChI is InChI=1S/C21H21FN2O/c1-14-7-9-19(10-8-14)24-15(2)11-20(16(24)3)21(25)13-23-18-6-4-5-17(22)12-18/h4-12,23H,13H2,1-3H3. The first kappa shape index (κ1) is 17.0. The van der Waals surface area contributed by atoms with Crippen molar-refractivity contribution in [2.45, 2.75) is 20.8 Å². The third-order valence-electron chi connectivity index (χ3n) is 4.30. The highest BCUT2D eigenvalue weighted by atomic mass is 19.1. The van der Waals surface area contributed by atoms with Crippen molar-refractivity contribution in [3.05, 3.63) is 82.9 Å². The quantitative estimate of drug-likeness (QED) is 0.677. The highest BCUT2D eigenvalue weighted by Crippen LogP contribution is 2.22. The maximum atomic E-state index is 13.2. The van der Waals surface area contributed by atoms with Crippen LogP contribution in [0.3, 0.4) is 0 Å². The molecule has 3 nitrogen and oxygen atoms in total. The minimum atomic E-state index is -0.324. The van der Waals surface area contributed by atoms with Crippen molar-refractivity contribution in [2.75, 3.05) is 11.9 Å². The van der Waals surface area contributed by atoms with Gasteiger partial charge in [-0.1, -0.05) is 23.8 Å². The first-order valence-electron chi connectivity index (χ1n) is 8.24. The number of nitrogens with one attached hydrogen (secondary N) is 1. The maximum Gasteiger partial charge on any atom is 0.183 e. The SMILES string of the molecule is Cc1ccc(-n2c(C)cc(C(=O)CNc3cccc(F)c3)c2C)cc1. The van der Waals surface area contributed by atoms with Crippen molar-refractivity contribution in [1.29, 1.82) is 0 Å². The van der Waals surface area contributed by atoms with Gasteiger partial charge in [-0.2, -0.15) is 0 Å². The van der Waals surface area contributed by atoms with Crippen LogP contribution in [0.2, 0.25) is 0 Å². The molecule has 0 spiro atoms. The Kier molecular flexibility index (Phi) is 4.70. The number of anilines is 1. The molecule has 1 heterocycles. The summed E-state index contributed by atoms with van der Waals surface area (Å²) in [5.74, 6) is -0.342. The Morgan fingerprint density at radius 2 is 1.76 bits per heavy atom. The highest BCUT2D eigenvalue weighted by Gasteiger charge is 2.16. The maximum absolute atomic E-state index is 13.2. The molecule has 0 unspecified atom stereocenters. The molecule has 0 amide bonds. The second-order valence-corrected chi connectivity index (χ2v) is 6.24. The van der Waals surface area contributed by atoms with Gasteiger partial charge in [-0.05, 0) is 57.2 Å².